The van der Waals surface area contributed by atoms with Gasteiger partial charge in [-0.25, -0.2) is 4.79 Å². The summed E-state index contributed by atoms with van der Waals surface area (Å²) < 4.78 is 5.76. The maximum absolute atomic E-state index is 11.1. The van der Waals surface area contributed by atoms with Crippen molar-refractivity contribution in [2.75, 3.05) is 6.61 Å². The van der Waals surface area contributed by atoms with Crippen molar-refractivity contribution in [1.82, 2.24) is 0 Å². The highest BCUT2D eigenvalue weighted by Gasteiger charge is 2.02. The average Bonchev–Trinajstić information content (AvgIpc) is 2.16. The van der Waals surface area contributed by atoms with Gasteiger partial charge in [-0.3, -0.25) is 0 Å². The van der Waals surface area contributed by atoms with E-state index in [0.29, 0.717) is 6.61 Å². The van der Waals surface area contributed by atoms with E-state index in [-0.39, 0.29) is 0 Å². The summed E-state index contributed by atoms with van der Waals surface area (Å²) in [5.41, 5.74) is 2.98. The number of esters is 1. The van der Waals surface area contributed by atoms with Gasteiger partial charge in [0.25, 0.3) is 0 Å². The Kier molecular flexibility index (Phi) is 4.57. The number of ether oxygens (including phenoxy) is 1. The first-order chi connectivity index (χ1) is 7.54. The van der Waals surface area contributed by atoms with Crippen molar-refractivity contribution >= 4 is 21.9 Å². The smallest absolute Gasteiger partial charge is 0.384 e. The summed E-state index contributed by atoms with van der Waals surface area (Å²) in [6.07, 6.45) is 0. The number of benzene rings is 1. The number of rotatable bonds is 1. The summed E-state index contributed by atoms with van der Waals surface area (Å²) in [4.78, 5) is 11.1. The Morgan fingerprint density at radius 2 is 1.94 bits per heavy atom. The molecule has 0 heterocycles. The molecule has 0 amide bonds. The molecule has 0 saturated heterocycles. The fourth-order valence-corrected chi connectivity index (χ4v) is 2.08. The predicted molar refractivity (Wildman–Crippen MR) is 67.1 cm³/mol. The minimum Gasteiger partial charge on any atom is -0.456 e. The molecule has 3 heteroatoms. The van der Waals surface area contributed by atoms with Crippen molar-refractivity contribution in [3.05, 3.63) is 33.3 Å². The molecule has 0 bridgehead atoms. The van der Waals surface area contributed by atoms with Crippen LogP contribution in [0.5, 0.6) is 0 Å². The molecule has 0 aliphatic rings. The van der Waals surface area contributed by atoms with E-state index in [1.807, 2.05) is 26.0 Å². The maximum atomic E-state index is 11.1. The normalized spacial score (nSPS) is 9.25. The van der Waals surface area contributed by atoms with Crippen LogP contribution in [0.1, 0.15) is 23.6 Å². The van der Waals surface area contributed by atoms with Crippen molar-refractivity contribution in [3.63, 3.8) is 0 Å². The molecular weight excluding hydrogens is 268 g/mol. The van der Waals surface area contributed by atoms with E-state index in [1.54, 1.807) is 6.92 Å². The van der Waals surface area contributed by atoms with Crippen LogP contribution in [-0.4, -0.2) is 12.6 Å². The summed E-state index contributed by atoms with van der Waals surface area (Å²) in [6.45, 7) is 6.04. The van der Waals surface area contributed by atoms with Crippen LogP contribution >= 0.6 is 15.9 Å². The quantitative estimate of drug-likeness (QED) is 0.584. The molecule has 0 unspecified atom stereocenters. The highest BCUT2D eigenvalue weighted by Crippen LogP contribution is 2.19. The van der Waals surface area contributed by atoms with Gasteiger partial charge in [0, 0.05) is 16.0 Å². The number of hydrogen-bond acceptors (Lipinski definition) is 2. The van der Waals surface area contributed by atoms with Gasteiger partial charge in [-0.2, -0.15) is 0 Å². The van der Waals surface area contributed by atoms with Crippen LogP contribution in [0.4, 0.5) is 0 Å². The first-order valence-electron chi connectivity index (χ1n) is 5.00. The van der Waals surface area contributed by atoms with Crippen LogP contribution in [0.3, 0.4) is 0 Å². The highest BCUT2D eigenvalue weighted by atomic mass is 79.9. The molecule has 16 heavy (non-hydrogen) atoms. The van der Waals surface area contributed by atoms with E-state index in [4.69, 9.17) is 4.74 Å². The number of halogens is 1. The zero-order chi connectivity index (χ0) is 12.1. The molecule has 0 N–H and O–H groups in total. The van der Waals surface area contributed by atoms with Gasteiger partial charge in [-0.1, -0.05) is 21.9 Å². The zero-order valence-electron chi connectivity index (χ0n) is 9.56. The Morgan fingerprint density at radius 1 is 1.38 bits per heavy atom. The fraction of sp³-hybridized carbons (Fsp3) is 0.308. The first-order valence-corrected chi connectivity index (χ1v) is 5.79. The third-order valence-electron chi connectivity index (χ3n) is 2.06. The number of carbonyl (C=O) groups is 1. The molecule has 0 fully saturated rings. The maximum Gasteiger partial charge on any atom is 0.384 e. The van der Waals surface area contributed by atoms with Crippen molar-refractivity contribution < 1.29 is 9.53 Å². The summed E-state index contributed by atoms with van der Waals surface area (Å²) in [5, 5.41) is 0. The molecule has 0 atom stereocenters. The molecule has 0 spiro atoms. The van der Waals surface area contributed by atoms with Crippen LogP contribution in [0, 0.1) is 25.7 Å². The van der Waals surface area contributed by atoms with E-state index in [1.165, 1.54) is 0 Å². The number of carbonyl (C=O) groups excluding carboxylic acids is 1. The zero-order valence-corrected chi connectivity index (χ0v) is 11.1. The summed E-state index contributed by atoms with van der Waals surface area (Å²) >= 11 is 3.41. The van der Waals surface area contributed by atoms with Crippen LogP contribution < -0.4 is 0 Å². The van der Waals surface area contributed by atoms with E-state index in [9.17, 15) is 4.79 Å². The number of hydrogen-bond donors (Lipinski definition) is 0. The molecule has 0 aliphatic heterocycles. The Hall–Kier alpha value is -1.27. The molecule has 1 aromatic rings. The van der Waals surface area contributed by atoms with Gasteiger partial charge < -0.3 is 4.74 Å². The van der Waals surface area contributed by atoms with Gasteiger partial charge >= 0.3 is 5.97 Å². The summed E-state index contributed by atoms with van der Waals surface area (Å²) in [7, 11) is 0. The lowest BCUT2D eigenvalue weighted by Gasteiger charge is -2.03. The minimum atomic E-state index is -0.482. The SMILES string of the molecule is CCOC(=O)C#Cc1c(C)cc(Br)cc1C. The third-order valence-corrected chi connectivity index (χ3v) is 2.52. The summed E-state index contributed by atoms with van der Waals surface area (Å²) in [5.74, 6) is 4.84. The van der Waals surface area contributed by atoms with Gasteiger partial charge in [0.2, 0.25) is 0 Å². The lowest BCUT2D eigenvalue weighted by Crippen LogP contribution is -2.00. The van der Waals surface area contributed by atoms with Crippen LogP contribution in [-0.2, 0) is 9.53 Å². The monoisotopic (exact) mass is 280 g/mol. The molecule has 1 rings (SSSR count). The molecule has 0 aromatic heterocycles. The van der Waals surface area contributed by atoms with E-state index >= 15 is 0 Å². The lowest BCUT2D eigenvalue weighted by atomic mass is 10.0. The topological polar surface area (TPSA) is 26.3 Å². The van der Waals surface area contributed by atoms with E-state index < -0.39 is 5.97 Å². The van der Waals surface area contributed by atoms with E-state index in [2.05, 4.69) is 27.8 Å². The van der Waals surface area contributed by atoms with Gasteiger partial charge in [0.15, 0.2) is 0 Å². The second-order valence-electron chi connectivity index (χ2n) is 3.39. The minimum absolute atomic E-state index is 0.353. The van der Waals surface area contributed by atoms with Gasteiger partial charge in [0.05, 0.1) is 6.61 Å². The van der Waals surface area contributed by atoms with Crippen molar-refractivity contribution in [3.8, 4) is 11.8 Å². The Balaban J connectivity index is 3.01. The Bertz CT molecular complexity index is 444. The Labute approximate surface area is 104 Å². The Morgan fingerprint density at radius 3 is 2.44 bits per heavy atom. The largest absolute Gasteiger partial charge is 0.456 e. The van der Waals surface area contributed by atoms with E-state index in [0.717, 1.165) is 21.2 Å². The molecular formula is C13H13BrO2. The molecule has 2 nitrogen and oxygen atoms in total. The lowest BCUT2D eigenvalue weighted by molar-refractivity contribution is -0.136. The van der Waals surface area contributed by atoms with Gasteiger partial charge in [-0.05, 0) is 44.0 Å². The second kappa shape index (κ2) is 5.72. The molecule has 0 radical (unpaired) electrons. The first kappa shape index (κ1) is 12.8. The van der Waals surface area contributed by atoms with Crippen LogP contribution in [0.2, 0.25) is 0 Å². The average molecular weight is 281 g/mol. The highest BCUT2D eigenvalue weighted by molar-refractivity contribution is 9.10. The fourth-order valence-electron chi connectivity index (χ4n) is 1.39. The van der Waals surface area contributed by atoms with Gasteiger partial charge in [0.1, 0.15) is 0 Å². The van der Waals surface area contributed by atoms with Gasteiger partial charge in [-0.15, -0.1) is 0 Å². The summed E-state index contributed by atoms with van der Waals surface area (Å²) in [6, 6.07) is 3.95. The predicted octanol–water partition coefficient (Wildman–Crippen LogP) is 2.98. The van der Waals surface area contributed by atoms with Crippen LogP contribution in [0.15, 0.2) is 16.6 Å². The molecule has 84 valence electrons. The molecule has 0 aliphatic carbocycles. The molecule has 1 aromatic carbocycles. The van der Waals surface area contributed by atoms with Crippen molar-refractivity contribution in [2.24, 2.45) is 0 Å². The van der Waals surface area contributed by atoms with Crippen LogP contribution in [0.25, 0.3) is 0 Å². The third kappa shape index (κ3) is 3.39. The molecule has 0 saturated carbocycles. The van der Waals surface area contributed by atoms with Crippen molar-refractivity contribution in [1.29, 1.82) is 0 Å². The second-order valence-corrected chi connectivity index (χ2v) is 4.30. The van der Waals surface area contributed by atoms with Crippen molar-refractivity contribution in [2.45, 2.75) is 20.8 Å². The number of aryl methyl sites for hydroxylation is 2. The standard InChI is InChI=1S/C13H13BrO2/c1-4-16-13(15)6-5-12-9(2)7-11(14)8-10(12)3/h7-8H,4H2,1-3H3.